The fraction of sp³-hybridized carbons (Fsp3) is 0.152. The van der Waals surface area contributed by atoms with Crippen molar-refractivity contribution in [3.63, 3.8) is 0 Å². The molecule has 0 fully saturated rings. The van der Waals surface area contributed by atoms with Crippen molar-refractivity contribution in [1.29, 1.82) is 0 Å². The van der Waals surface area contributed by atoms with Crippen molar-refractivity contribution >= 4 is 65.0 Å². The second kappa shape index (κ2) is 19.4. The summed E-state index contributed by atoms with van der Waals surface area (Å²) in [6, 6.07) is 33.2. The monoisotopic (exact) mass is 887 g/mol. The van der Waals surface area contributed by atoms with Crippen LogP contribution in [0.25, 0.3) is 21.9 Å². The molecule has 0 saturated heterocycles. The van der Waals surface area contributed by atoms with Crippen LogP contribution in [0.2, 0.25) is 5.02 Å². The highest BCUT2D eigenvalue weighted by atomic mass is 35.5. The van der Waals surface area contributed by atoms with Crippen LogP contribution in [0, 0.1) is 6.92 Å². The molecule has 4 aromatic carbocycles. The predicted molar refractivity (Wildman–Crippen MR) is 238 cm³/mol. The van der Waals surface area contributed by atoms with Gasteiger partial charge in [-0.1, -0.05) is 72.3 Å². The van der Waals surface area contributed by atoms with E-state index in [0.29, 0.717) is 34.8 Å². The zero-order valence-electron chi connectivity index (χ0n) is 33.5. The van der Waals surface area contributed by atoms with Crippen LogP contribution >= 0.6 is 11.6 Å². The highest BCUT2D eigenvalue weighted by molar-refractivity contribution is 7.91. The largest absolute Gasteiger partial charge is 0.350 e. The quantitative estimate of drug-likeness (QED) is 0.0783. The molecule has 2 amide bonds. The zero-order valence-corrected chi connectivity index (χ0v) is 35.9. The minimum absolute atomic E-state index is 0.0676. The van der Waals surface area contributed by atoms with Crippen LogP contribution in [-0.2, 0) is 39.2 Å². The van der Waals surface area contributed by atoms with Crippen molar-refractivity contribution in [1.82, 2.24) is 35.8 Å². The van der Waals surface area contributed by atoms with Crippen LogP contribution in [0.15, 0.2) is 155 Å². The number of aromatic amines is 2. The number of nitrogens with zero attached hydrogens (tertiary/aromatic N) is 3. The second-order valence-electron chi connectivity index (χ2n) is 14.5. The van der Waals surface area contributed by atoms with Gasteiger partial charge in [-0.25, -0.2) is 21.8 Å². The zero-order chi connectivity index (χ0) is 43.7. The smallest absolute Gasteiger partial charge is 0.267 e. The summed E-state index contributed by atoms with van der Waals surface area (Å²) in [5.41, 5.74) is 6.03. The Balaban J connectivity index is 0.000000187. The number of hydrogen-bond acceptors (Lipinski definition) is 9. The van der Waals surface area contributed by atoms with Gasteiger partial charge >= 0.3 is 0 Å². The average molecular weight is 888 g/mol. The molecule has 0 aliphatic carbocycles. The first-order chi connectivity index (χ1) is 29.9. The Morgan fingerprint density at radius 3 is 2.08 bits per heavy atom. The summed E-state index contributed by atoms with van der Waals surface area (Å²) in [5, 5.41) is 14.1. The average Bonchev–Trinajstić information content (AvgIpc) is 3.95. The van der Waals surface area contributed by atoms with Gasteiger partial charge in [-0.15, -0.1) is 0 Å². The molecule has 0 aliphatic rings. The SMILES string of the molecule is Cc1ccc(S(=O)(=O)c2ccc(CNC(=O)c3cnc4[nH]ncc4c3)cc2)c(Cl)c1.O=C(NCc1ccc(S(=O)(=O)CCCCc2ccccc2)cc1)c1cc2cnccc2[nH]1. The van der Waals surface area contributed by atoms with E-state index in [9.17, 15) is 26.4 Å². The lowest BCUT2D eigenvalue weighted by atomic mass is 10.1. The van der Waals surface area contributed by atoms with Gasteiger partial charge in [0.05, 0.1) is 37.2 Å². The van der Waals surface area contributed by atoms with Crippen molar-refractivity contribution in [2.45, 2.75) is 54.0 Å². The second-order valence-corrected chi connectivity index (χ2v) is 19.0. The van der Waals surface area contributed by atoms with Crippen molar-refractivity contribution in [3.05, 3.63) is 179 Å². The number of hydrogen-bond donors (Lipinski definition) is 4. The Labute approximate surface area is 363 Å². The van der Waals surface area contributed by atoms with Crippen molar-refractivity contribution in [3.8, 4) is 0 Å². The Hall–Kier alpha value is -6.68. The molecule has 0 spiro atoms. The lowest BCUT2D eigenvalue weighted by molar-refractivity contribution is 0.0940. The molecule has 8 rings (SSSR count). The van der Waals surface area contributed by atoms with Gasteiger partial charge in [0.1, 0.15) is 5.69 Å². The molecule has 13 nitrogen and oxygen atoms in total. The van der Waals surface area contributed by atoms with Crippen LogP contribution in [0.1, 0.15) is 55.9 Å². The molecule has 0 radical (unpaired) electrons. The maximum absolute atomic E-state index is 12.8. The summed E-state index contributed by atoms with van der Waals surface area (Å²) in [4.78, 5) is 36.5. The van der Waals surface area contributed by atoms with Gasteiger partial charge in [0.2, 0.25) is 9.84 Å². The molecule has 0 aliphatic heterocycles. The van der Waals surface area contributed by atoms with Gasteiger partial charge in [-0.2, -0.15) is 5.10 Å². The number of rotatable bonds is 14. The van der Waals surface area contributed by atoms with Crippen LogP contribution in [0.4, 0.5) is 0 Å². The molecule has 62 heavy (non-hydrogen) atoms. The number of benzene rings is 4. The van der Waals surface area contributed by atoms with Crippen molar-refractivity contribution in [2.75, 3.05) is 5.75 Å². The number of nitrogens with one attached hydrogen (secondary N) is 4. The number of amides is 2. The molecule has 0 saturated carbocycles. The van der Waals surface area contributed by atoms with Crippen LogP contribution in [0.5, 0.6) is 0 Å². The van der Waals surface area contributed by atoms with E-state index in [1.54, 1.807) is 79.3 Å². The van der Waals surface area contributed by atoms with Gasteiger partial charge in [0.25, 0.3) is 11.8 Å². The highest BCUT2D eigenvalue weighted by Gasteiger charge is 2.21. The molecule has 8 aromatic rings. The maximum Gasteiger partial charge on any atom is 0.267 e. The summed E-state index contributed by atoms with van der Waals surface area (Å²) in [5.74, 6) is -0.379. The summed E-state index contributed by atoms with van der Waals surface area (Å²) in [6.45, 7) is 2.40. The minimum Gasteiger partial charge on any atom is -0.350 e. The number of fused-ring (bicyclic) bond motifs is 2. The third kappa shape index (κ3) is 10.8. The molecular formula is C46H42ClN7O6S2. The summed E-state index contributed by atoms with van der Waals surface area (Å²) >= 11 is 6.13. The summed E-state index contributed by atoms with van der Waals surface area (Å²) in [6.07, 6.45) is 8.76. The topological polar surface area (TPSA) is 197 Å². The number of H-pyrrole nitrogens is 2. The minimum atomic E-state index is -3.73. The molecule has 4 aromatic heterocycles. The van der Waals surface area contributed by atoms with Gasteiger partial charge in [-0.3, -0.25) is 19.7 Å². The van der Waals surface area contributed by atoms with Crippen LogP contribution in [-0.4, -0.2) is 59.6 Å². The molecular weight excluding hydrogens is 846 g/mol. The van der Waals surface area contributed by atoms with E-state index < -0.39 is 19.7 Å². The Kier molecular flexibility index (Phi) is 13.6. The van der Waals surface area contributed by atoms with Crippen LogP contribution in [0.3, 0.4) is 0 Å². The van der Waals surface area contributed by atoms with E-state index in [4.69, 9.17) is 11.6 Å². The molecule has 316 valence electrons. The fourth-order valence-corrected chi connectivity index (χ4v) is 9.77. The molecule has 0 unspecified atom stereocenters. The number of unbranched alkanes of at least 4 members (excludes halogenated alkanes) is 1. The number of sulfone groups is 2. The van der Waals surface area contributed by atoms with Gasteiger partial charge < -0.3 is 15.6 Å². The van der Waals surface area contributed by atoms with Gasteiger partial charge in [0, 0.05) is 48.0 Å². The standard InChI is InChI=1S/C25H25N3O3S.C21H17ClN4O3S/c29-25(24-16-21-18-26-14-13-23(21)28-24)27-17-20-9-11-22(12-10-20)32(30,31)15-5-4-8-19-6-2-1-3-7-19;1-13-2-7-19(18(22)8-13)30(28,29)17-5-3-14(4-6-17)10-24-21(27)16-9-15-12-25-26-20(15)23-11-16/h1-3,6-7,9-14,16,18,28H,4-5,8,15,17H2,(H,27,29);2-9,11-12H,10H2,1H3,(H,24,27)(H,23,25,26). The maximum atomic E-state index is 12.8. The van der Waals surface area contributed by atoms with Crippen LogP contribution < -0.4 is 10.6 Å². The summed E-state index contributed by atoms with van der Waals surface area (Å²) < 4.78 is 50.9. The third-order valence-electron chi connectivity index (χ3n) is 9.99. The van der Waals surface area contributed by atoms with Gasteiger partial charge in [-0.05, 0) is 103 Å². The van der Waals surface area contributed by atoms with E-state index in [0.717, 1.165) is 45.8 Å². The van der Waals surface area contributed by atoms with Gasteiger partial charge in [0.15, 0.2) is 15.5 Å². The molecule has 4 heterocycles. The molecule has 0 atom stereocenters. The van der Waals surface area contributed by atoms with Crippen molar-refractivity contribution in [2.24, 2.45) is 0 Å². The summed E-state index contributed by atoms with van der Waals surface area (Å²) in [7, 11) is -7.05. The van der Waals surface area contributed by atoms with E-state index in [-0.39, 0.29) is 38.9 Å². The van der Waals surface area contributed by atoms with E-state index in [1.807, 2.05) is 31.2 Å². The number of aromatic nitrogens is 5. The third-order valence-corrected chi connectivity index (χ3v) is 14.1. The Morgan fingerprint density at radius 1 is 0.694 bits per heavy atom. The number of carbonyl (C=O) groups excluding carboxylic acids is 2. The molecule has 16 heteroatoms. The number of aryl methyl sites for hydroxylation is 2. The first-order valence-corrected chi connectivity index (χ1v) is 23.1. The normalized spacial score (nSPS) is 11.5. The van der Waals surface area contributed by atoms with E-state index in [2.05, 4.69) is 47.9 Å². The number of carbonyl (C=O) groups is 2. The first-order valence-electron chi connectivity index (χ1n) is 19.6. The predicted octanol–water partition coefficient (Wildman–Crippen LogP) is 7.97. The molecule has 0 bridgehead atoms. The number of halogens is 1. The van der Waals surface area contributed by atoms with E-state index in [1.165, 1.54) is 30.0 Å². The fourth-order valence-electron chi connectivity index (χ4n) is 6.55. The number of pyridine rings is 2. The Morgan fingerprint density at radius 2 is 1.39 bits per heavy atom. The lowest BCUT2D eigenvalue weighted by Crippen LogP contribution is -2.23. The van der Waals surface area contributed by atoms with Crippen molar-refractivity contribution < 1.29 is 26.4 Å². The highest BCUT2D eigenvalue weighted by Crippen LogP contribution is 2.28. The van der Waals surface area contributed by atoms with E-state index >= 15 is 0 Å². The Bertz CT molecular complexity index is 3030. The molecule has 4 N–H and O–H groups in total. The first kappa shape index (κ1) is 43.4. The lowest BCUT2D eigenvalue weighted by Gasteiger charge is -2.09.